The number of methoxy groups -OCH3 is 1. The van der Waals surface area contributed by atoms with Gasteiger partial charge in [-0.05, 0) is 18.9 Å². The van der Waals surface area contributed by atoms with Crippen molar-refractivity contribution in [3.05, 3.63) is 47.7 Å². The van der Waals surface area contributed by atoms with Crippen LogP contribution in [0, 0.1) is 0 Å². The molecule has 1 unspecified atom stereocenters. The van der Waals surface area contributed by atoms with Crippen LogP contribution in [0.2, 0.25) is 0 Å². The maximum absolute atomic E-state index is 12.7. The summed E-state index contributed by atoms with van der Waals surface area (Å²) < 4.78 is 16.9. The molecule has 1 aromatic carbocycles. The number of nitrogens with zero attached hydrogens (tertiary/aromatic N) is 3. The number of amides is 1. The number of oxazole rings is 1. The maximum Gasteiger partial charge on any atom is 0.236 e. The van der Waals surface area contributed by atoms with Gasteiger partial charge in [-0.1, -0.05) is 18.2 Å². The fraction of sp³-hybridized carbons (Fsp3) is 0.545. The monoisotopic (exact) mass is 399 g/mol. The first-order chi connectivity index (χ1) is 14.2. The van der Waals surface area contributed by atoms with E-state index < -0.39 is 0 Å². The van der Waals surface area contributed by atoms with Crippen LogP contribution in [0.4, 0.5) is 0 Å². The summed E-state index contributed by atoms with van der Waals surface area (Å²) >= 11 is 0. The predicted molar refractivity (Wildman–Crippen MR) is 108 cm³/mol. The summed E-state index contributed by atoms with van der Waals surface area (Å²) in [5.74, 6) is 2.75. The molecule has 3 heterocycles. The number of carbonyl (C=O) groups is 1. The molecule has 2 fully saturated rings. The molecule has 1 atom stereocenters. The van der Waals surface area contributed by atoms with E-state index >= 15 is 0 Å². The van der Waals surface area contributed by atoms with Gasteiger partial charge in [-0.3, -0.25) is 9.69 Å². The summed E-state index contributed by atoms with van der Waals surface area (Å²) in [6, 6.07) is 7.94. The van der Waals surface area contributed by atoms with E-state index in [1.165, 1.54) is 0 Å². The molecule has 156 valence electrons. The summed E-state index contributed by atoms with van der Waals surface area (Å²) in [4.78, 5) is 21.4. The third-order valence-corrected chi connectivity index (χ3v) is 5.71. The van der Waals surface area contributed by atoms with Gasteiger partial charge in [0.15, 0.2) is 5.89 Å². The summed E-state index contributed by atoms with van der Waals surface area (Å²) in [5.41, 5.74) is 1.07. The molecule has 1 aromatic heterocycles. The Kier molecular flexibility index (Phi) is 6.46. The zero-order valence-electron chi connectivity index (χ0n) is 17.0. The lowest BCUT2D eigenvalue weighted by atomic mass is 9.98. The third-order valence-electron chi connectivity index (χ3n) is 5.71. The topological polar surface area (TPSA) is 68.0 Å². The van der Waals surface area contributed by atoms with Crippen LogP contribution in [0.5, 0.6) is 5.75 Å². The van der Waals surface area contributed by atoms with E-state index in [1.807, 2.05) is 29.2 Å². The summed E-state index contributed by atoms with van der Waals surface area (Å²) in [6.45, 7) is 5.04. The fourth-order valence-electron chi connectivity index (χ4n) is 4.09. The maximum atomic E-state index is 12.7. The van der Waals surface area contributed by atoms with Crippen molar-refractivity contribution in [2.75, 3.05) is 53.0 Å². The molecule has 29 heavy (non-hydrogen) atoms. The number of ether oxygens (including phenoxy) is 2. The molecule has 0 saturated carbocycles. The molecular formula is C22H29N3O4. The number of benzene rings is 1. The van der Waals surface area contributed by atoms with Gasteiger partial charge in [0.2, 0.25) is 5.91 Å². The number of hydrogen-bond acceptors (Lipinski definition) is 6. The Balaban J connectivity index is 1.36. The van der Waals surface area contributed by atoms with Gasteiger partial charge < -0.3 is 18.8 Å². The van der Waals surface area contributed by atoms with Crippen molar-refractivity contribution in [1.29, 1.82) is 0 Å². The summed E-state index contributed by atoms with van der Waals surface area (Å²) in [5, 5.41) is 0. The van der Waals surface area contributed by atoms with E-state index in [1.54, 1.807) is 13.3 Å². The average Bonchev–Trinajstić information content (AvgIpc) is 3.23. The molecule has 7 heteroatoms. The van der Waals surface area contributed by atoms with E-state index in [2.05, 4.69) is 9.88 Å². The lowest BCUT2D eigenvalue weighted by Crippen LogP contribution is -2.47. The van der Waals surface area contributed by atoms with Crippen molar-refractivity contribution in [3.8, 4) is 5.75 Å². The van der Waals surface area contributed by atoms with Crippen LogP contribution < -0.4 is 4.74 Å². The highest BCUT2D eigenvalue weighted by molar-refractivity contribution is 5.78. The van der Waals surface area contributed by atoms with Crippen molar-refractivity contribution in [2.24, 2.45) is 0 Å². The summed E-state index contributed by atoms with van der Waals surface area (Å²) in [7, 11) is 1.68. The largest absolute Gasteiger partial charge is 0.496 e. The molecule has 0 aliphatic carbocycles. The van der Waals surface area contributed by atoms with Crippen molar-refractivity contribution in [2.45, 2.75) is 25.2 Å². The number of likely N-dealkylation sites (tertiary alicyclic amines) is 1. The van der Waals surface area contributed by atoms with E-state index in [0.717, 1.165) is 55.4 Å². The minimum Gasteiger partial charge on any atom is -0.496 e. The van der Waals surface area contributed by atoms with E-state index in [9.17, 15) is 4.79 Å². The molecule has 1 amide bonds. The Morgan fingerprint density at radius 2 is 2.07 bits per heavy atom. The molecule has 4 rings (SSSR count). The molecule has 7 nitrogen and oxygen atoms in total. The standard InChI is InChI=1S/C22H29N3O4/c1-27-20-7-3-2-5-17(20)13-19-14-23-22(29-19)18-6-4-8-25(15-18)21(26)16-24-9-11-28-12-10-24/h2-3,5,7,14,18H,4,6,8-13,15-16H2,1H3. The van der Waals surface area contributed by atoms with Crippen molar-refractivity contribution in [3.63, 3.8) is 0 Å². The highest BCUT2D eigenvalue weighted by atomic mass is 16.5. The second kappa shape index (κ2) is 9.41. The zero-order valence-corrected chi connectivity index (χ0v) is 17.0. The van der Waals surface area contributed by atoms with Crippen LogP contribution in [-0.4, -0.2) is 73.7 Å². The lowest BCUT2D eigenvalue weighted by molar-refractivity contribution is -0.134. The zero-order chi connectivity index (χ0) is 20.1. The fourth-order valence-corrected chi connectivity index (χ4v) is 4.09. The Hall–Kier alpha value is -2.38. The minimum atomic E-state index is 0.156. The second-order valence-corrected chi connectivity index (χ2v) is 7.72. The van der Waals surface area contributed by atoms with Gasteiger partial charge in [-0.25, -0.2) is 4.98 Å². The minimum absolute atomic E-state index is 0.156. The first-order valence-electron chi connectivity index (χ1n) is 10.4. The van der Waals surface area contributed by atoms with Gasteiger partial charge in [-0.2, -0.15) is 0 Å². The highest BCUT2D eigenvalue weighted by Gasteiger charge is 2.29. The highest BCUT2D eigenvalue weighted by Crippen LogP contribution is 2.28. The number of para-hydroxylation sites is 1. The number of hydrogen-bond donors (Lipinski definition) is 0. The molecule has 0 radical (unpaired) electrons. The smallest absolute Gasteiger partial charge is 0.236 e. The molecule has 2 saturated heterocycles. The Morgan fingerprint density at radius 3 is 2.90 bits per heavy atom. The van der Waals surface area contributed by atoms with E-state index in [4.69, 9.17) is 13.9 Å². The molecular weight excluding hydrogens is 370 g/mol. The number of aromatic nitrogens is 1. The summed E-state index contributed by atoms with van der Waals surface area (Å²) in [6.07, 6.45) is 4.42. The number of carbonyl (C=O) groups excluding carboxylic acids is 1. The SMILES string of the molecule is COc1ccccc1Cc1cnc(C2CCCN(C(=O)CN3CCOCC3)C2)o1. The van der Waals surface area contributed by atoms with Gasteiger partial charge in [-0.15, -0.1) is 0 Å². The van der Waals surface area contributed by atoms with Crippen molar-refractivity contribution < 1.29 is 18.7 Å². The molecule has 2 aliphatic heterocycles. The molecule has 2 aliphatic rings. The number of morpholine rings is 1. The number of rotatable bonds is 6. The quantitative estimate of drug-likeness (QED) is 0.743. The van der Waals surface area contributed by atoms with Crippen LogP contribution in [-0.2, 0) is 16.0 Å². The van der Waals surface area contributed by atoms with Crippen LogP contribution in [0.1, 0.15) is 36.0 Å². The van der Waals surface area contributed by atoms with E-state index in [0.29, 0.717) is 32.7 Å². The average molecular weight is 399 g/mol. The van der Waals surface area contributed by atoms with Gasteiger partial charge in [0, 0.05) is 38.2 Å². The predicted octanol–water partition coefficient (Wildman–Crippen LogP) is 2.31. The van der Waals surface area contributed by atoms with Crippen molar-refractivity contribution >= 4 is 5.91 Å². The molecule has 0 spiro atoms. The lowest BCUT2D eigenvalue weighted by Gasteiger charge is -2.34. The normalized spacial score (nSPS) is 20.6. The van der Waals surface area contributed by atoms with Crippen LogP contribution in [0.25, 0.3) is 0 Å². The van der Waals surface area contributed by atoms with Crippen LogP contribution in [0.3, 0.4) is 0 Å². The van der Waals surface area contributed by atoms with Gasteiger partial charge in [0.05, 0.1) is 39.0 Å². The Morgan fingerprint density at radius 1 is 1.24 bits per heavy atom. The molecule has 0 N–H and O–H groups in total. The van der Waals surface area contributed by atoms with Crippen molar-refractivity contribution in [1.82, 2.24) is 14.8 Å². The van der Waals surface area contributed by atoms with Crippen LogP contribution in [0.15, 0.2) is 34.9 Å². The van der Waals surface area contributed by atoms with Crippen LogP contribution >= 0.6 is 0 Å². The Labute approximate surface area is 171 Å². The number of piperidine rings is 1. The second-order valence-electron chi connectivity index (χ2n) is 7.72. The Bertz CT molecular complexity index is 816. The third kappa shape index (κ3) is 4.97. The first-order valence-corrected chi connectivity index (χ1v) is 10.4. The molecule has 2 aromatic rings. The van der Waals surface area contributed by atoms with Gasteiger partial charge in [0.1, 0.15) is 11.5 Å². The van der Waals surface area contributed by atoms with Gasteiger partial charge >= 0.3 is 0 Å². The van der Waals surface area contributed by atoms with E-state index in [-0.39, 0.29) is 11.8 Å². The first kappa shape index (κ1) is 19.9. The molecule has 0 bridgehead atoms. The van der Waals surface area contributed by atoms with Gasteiger partial charge in [0.25, 0.3) is 0 Å².